The van der Waals surface area contributed by atoms with Crippen LogP contribution in [0.1, 0.15) is 41.8 Å². The zero-order valence-electron chi connectivity index (χ0n) is 11.4. The van der Waals surface area contributed by atoms with Crippen LogP contribution in [0.2, 0.25) is 0 Å². The summed E-state index contributed by atoms with van der Waals surface area (Å²) in [5.74, 6) is 2.66. The van der Waals surface area contributed by atoms with Crippen LogP contribution in [0.5, 0.6) is 0 Å². The summed E-state index contributed by atoms with van der Waals surface area (Å²) in [5.41, 5.74) is 0.884. The molecule has 104 valence electrons. The van der Waals surface area contributed by atoms with E-state index < -0.39 is 5.97 Å². The number of methoxy groups -OCH3 is 1. The second-order valence-electron chi connectivity index (χ2n) is 5.83. The van der Waals surface area contributed by atoms with Crippen LogP contribution in [0.3, 0.4) is 0 Å². The Morgan fingerprint density at radius 3 is 3.05 bits per heavy atom. The molecule has 1 aromatic heterocycles. The van der Waals surface area contributed by atoms with Gasteiger partial charge >= 0.3 is 5.97 Å². The highest BCUT2D eigenvalue weighted by atomic mass is 16.5. The van der Waals surface area contributed by atoms with Crippen molar-refractivity contribution in [1.82, 2.24) is 5.32 Å². The Bertz CT molecular complexity index is 454. The quantitative estimate of drug-likeness (QED) is 0.830. The van der Waals surface area contributed by atoms with Gasteiger partial charge < -0.3 is 14.5 Å². The van der Waals surface area contributed by atoms with Crippen LogP contribution in [0.25, 0.3) is 0 Å². The summed E-state index contributed by atoms with van der Waals surface area (Å²) < 4.78 is 9.87. The predicted octanol–water partition coefficient (Wildman–Crippen LogP) is 2.59. The molecule has 2 fully saturated rings. The van der Waals surface area contributed by atoms with E-state index in [-0.39, 0.29) is 0 Å². The molecule has 3 unspecified atom stereocenters. The van der Waals surface area contributed by atoms with E-state index >= 15 is 0 Å². The molecule has 3 rings (SSSR count). The number of hydrogen-bond acceptors (Lipinski definition) is 4. The molecule has 4 nitrogen and oxygen atoms in total. The molecule has 19 heavy (non-hydrogen) atoms. The number of rotatable bonds is 5. The van der Waals surface area contributed by atoms with E-state index in [0.717, 1.165) is 29.9 Å². The average molecular weight is 263 g/mol. The monoisotopic (exact) mass is 263 g/mol. The lowest BCUT2D eigenvalue weighted by molar-refractivity contribution is 0.0563. The summed E-state index contributed by atoms with van der Waals surface area (Å²) in [6.07, 6.45) is 7.21. The van der Waals surface area contributed by atoms with E-state index in [1.807, 2.05) is 6.07 Å². The summed E-state index contributed by atoms with van der Waals surface area (Å²) in [6.45, 7) is 1.72. The Balaban J connectivity index is 1.50. The number of nitrogens with one attached hydrogen (secondary N) is 1. The van der Waals surface area contributed by atoms with Gasteiger partial charge in [0.05, 0.1) is 13.4 Å². The van der Waals surface area contributed by atoms with E-state index in [9.17, 15) is 4.79 Å². The summed E-state index contributed by atoms with van der Waals surface area (Å²) in [5, 5.41) is 3.47. The normalized spacial score (nSPS) is 28.8. The molecule has 2 aliphatic rings. The number of ether oxygens (including phenoxy) is 1. The van der Waals surface area contributed by atoms with E-state index in [4.69, 9.17) is 9.15 Å². The van der Waals surface area contributed by atoms with Crippen molar-refractivity contribution in [2.75, 3.05) is 13.7 Å². The Labute approximate surface area is 113 Å². The summed E-state index contributed by atoms with van der Waals surface area (Å²) in [7, 11) is 1.37. The van der Waals surface area contributed by atoms with E-state index in [2.05, 4.69) is 5.32 Å². The van der Waals surface area contributed by atoms with Gasteiger partial charge in [-0.1, -0.05) is 6.42 Å². The lowest BCUT2D eigenvalue weighted by Gasteiger charge is -2.21. The molecule has 1 heterocycles. The van der Waals surface area contributed by atoms with Crippen LogP contribution in [-0.2, 0) is 11.3 Å². The van der Waals surface area contributed by atoms with Gasteiger partial charge in [0.25, 0.3) is 0 Å². The maximum atomic E-state index is 11.5. The molecule has 0 spiro atoms. The highest BCUT2D eigenvalue weighted by molar-refractivity contribution is 5.87. The van der Waals surface area contributed by atoms with E-state index in [0.29, 0.717) is 12.3 Å². The second-order valence-corrected chi connectivity index (χ2v) is 5.83. The van der Waals surface area contributed by atoms with Gasteiger partial charge in [0.2, 0.25) is 5.76 Å². The molecule has 1 aromatic rings. The molecule has 1 N–H and O–H groups in total. The van der Waals surface area contributed by atoms with Crippen LogP contribution < -0.4 is 5.32 Å². The lowest BCUT2D eigenvalue weighted by Crippen LogP contribution is -2.26. The third kappa shape index (κ3) is 2.54. The highest BCUT2D eigenvalue weighted by Crippen LogP contribution is 2.47. The maximum Gasteiger partial charge on any atom is 0.374 e. The minimum Gasteiger partial charge on any atom is -0.463 e. The molecule has 2 aliphatic carbocycles. The van der Waals surface area contributed by atoms with Gasteiger partial charge in [-0.25, -0.2) is 4.79 Å². The molecular weight excluding hydrogens is 242 g/mol. The molecule has 0 aliphatic heterocycles. The van der Waals surface area contributed by atoms with Crippen LogP contribution in [0.15, 0.2) is 16.7 Å². The van der Waals surface area contributed by atoms with Crippen molar-refractivity contribution in [2.45, 2.75) is 32.2 Å². The number of fused-ring (bicyclic) bond motifs is 2. The van der Waals surface area contributed by atoms with Gasteiger partial charge in [0, 0.05) is 12.1 Å². The first-order valence-electron chi connectivity index (χ1n) is 7.13. The van der Waals surface area contributed by atoms with Crippen LogP contribution in [-0.4, -0.2) is 19.6 Å². The molecule has 0 amide bonds. The Kier molecular flexibility index (Phi) is 3.60. The fourth-order valence-electron chi connectivity index (χ4n) is 3.77. The van der Waals surface area contributed by atoms with Crippen molar-refractivity contribution in [3.63, 3.8) is 0 Å². The summed E-state index contributed by atoms with van der Waals surface area (Å²) >= 11 is 0. The topological polar surface area (TPSA) is 51.5 Å². The molecule has 2 saturated carbocycles. The largest absolute Gasteiger partial charge is 0.463 e. The van der Waals surface area contributed by atoms with Gasteiger partial charge in [-0.15, -0.1) is 0 Å². The third-order valence-corrected chi connectivity index (χ3v) is 4.72. The fourth-order valence-corrected chi connectivity index (χ4v) is 3.77. The Morgan fingerprint density at radius 1 is 1.47 bits per heavy atom. The molecule has 0 aromatic carbocycles. The number of esters is 1. The van der Waals surface area contributed by atoms with Crippen molar-refractivity contribution in [1.29, 1.82) is 0 Å². The second kappa shape index (κ2) is 5.37. The van der Waals surface area contributed by atoms with Crippen molar-refractivity contribution < 1.29 is 13.9 Å². The summed E-state index contributed by atoms with van der Waals surface area (Å²) in [6, 6.07) is 1.83. The standard InChI is InChI=1S/C15H21NO3/c1-18-15(17)14-12(4-5-19-14)8-16-9-13-7-10-2-3-11(13)6-10/h4-5,10-11,13,16H,2-3,6-9H2,1H3. The first-order valence-corrected chi connectivity index (χ1v) is 7.13. The number of hydrogen-bond donors (Lipinski definition) is 1. The molecule has 4 heteroatoms. The SMILES string of the molecule is COC(=O)c1occc1CNCC1CC2CCC1C2. The van der Waals surface area contributed by atoms with E-state index in [1.54, 1.807) is 6.26 Å². The third-order valence-electron chi connectivity index (χ3n) is 4.72. The smallest absolute Gasteiger partial charge is 0.374 e. The zero-order valence-corrected chi connectivity index (χ0v) is 11.4. The maximum absolute atomic E-state index is 11.5. The van der Waals surface area contributed by atoms with Gasteiger partial charge in [0.15, 0.2) is 0 Å². The van der Waals surface area contributed by atoms with Crippen molar-refractivity contribution in [2.24, 2.45) is 17.8 Å². The van der Waals surface area contributed by atoms with Gasteiger partial charge in [-0.05, 0) is 49.6 Å². The number of carbonyl (C=O) groups is 1. The van der Waals surface area contributed by atoms with Crippen molar-refractivity contribution in [3.05, 3.63) is 23.7 Å². The van der Waals surface area contributed by atoms with Crippen molar-refractivity contribution in [3.8, 4) is 0 Å². The zero-order chi connectivity index (χ0) is 13.2. The summed E-state index contributed by atoms with van der Waals surface area (Å²) in [4.78, 5) is 11.5. The molecule has 3 atom stereocenters. The van der Waals surface area contributed by atoms with Crippen LogP contribution in [0, 0.1) is 17.8 Å². The van der Waals surface area contributed by atoms with Gasteiger partial charge in [-0.3, -0.25) is 0 Å². The predicted molar refractivity (Wildman–Crippen MR) is 70.7 cm³/mol. The molecular formula is C15H21NO3. The van der Waals surface area contributed by atoms with Crippen LogP contribution in [0.4, 0.5) is 0 Å². The van der Waals surface area contributed by atoms with Gasteiger partial charge in [-0.2, -0.15) is 0 Å². The first kappa shape index (κ1) is 12.7. The Hall–Kier alpha value is -1.29. The molecule has 0 radical (unpaired) electrons. The average Bonchev–Trinajstić information content (AvgIpc) is 3.13. The minimum absolute atomic E-state index is 0.322. The number of furan rings is 1. The minimum atomic E-state index is -0.401. The van der Waals surface area contributed by atoms with Crippen LogP contribution >= 0.6 is 0 Å². The Morgan fingerprint density at radius 2 is 2.37 bits per heavy atom. The van der Waals surface area contributed by atoms with Crippen molar-refractivity contribution >= 4 is 5.97 Å². The first-order chi connectivity index (χ1) is 9.28. The van der Waals surface area contributed by atoms with Gasteiger partial charge in [0.1, 0.15) is 0 Å². The fraction of sp³-hybridized carbons (Fsp3) is 0.667. The highest BCUT2D eigenvalue weighted by Gasteiger charge is 2.38. The molecule has 2 bridgehead atoms. The van der Waals surface area contributed by atoms with E-state index in [1.165, 1.54) is 32.8 Å². The number of carbonyl (C=O) groups excluding carboxylic acids is 1. The molecule has 0 saturated heterocycles. The lowest BCUT2D eigenvalue weighted by atomic mass is 9.89.